The van der Waals surface area contributed by atoms with E-state index in [-0.39, 0.29) is 40.9 Å². The summed E-state index contributed by atoms with van der Waals surface area (Å²) in [6.45, 7) is 1.28. The van der Waals surface area contributed by atoms with E-state index in [9.17, 15) is 0 Å². The van der Waals surface area contributed by atoms with Gasteiger partial charge in [-0.3, -0.25) is 4.99 Å². The molecule has 0 radical (unpaired) electrons. The molecule has 1 aliphatic heterocycles. The molecule has 224 valence electrons. The van der Waals surface area contributed by atoms with Gasteiger partial charge >= 0.3 is 0 Å². The molecule has 0 aliphatic carbocycles. The molecule has 1 aromatic carbocycles. The molecule has 12 N–H and O–H groups in total. The van der Waals surface area contributed by atoms with Gasteiger partial charge in [-0.25, -0.2) is 0 Å². The van der Waals surface area contributed by atoms with Crippen LogP contribution in [0.25, 0.3) is 10.9 Å². The standard InChI is InChI=1S/C18H25N3O4S2.C5H5NS.CH4.4H2O/c1-22-18(23-2)15-10-20-17(27-15)14-8-11-7-12(9-13(19)16(11)21-14)25-5-4-6-26-24-3;7-5-3-1-2-4-6-5;;;;;/h7-9,15,18,21H,4-6,10,19H2,1-3H3;1-4H,(H,6,7);1H4;4*1H2. The summed E-state index contributed by atoms with van der Waals surface area (Å²) >= 11 is 7.84. The van der Waals surface area contributed by atoms with E-state index in [2.05, 4.69) is 21.0 Å². The number of hydrogen-bond donors (Lipinski definition) is 3. The van der Waals surface area contributed by atoms with Crippen LogP contribution in [0.1, 0.15) is 19.5 Å². The fourth-order valence-corrected chi connectivity index (χ4v) is 5.00. The summed E-state index contributed by atoms with van der Waals surface area (Å²) in [6, 6.07) is 11.6. The summed E-state index contributed by atoms with van der Waals surface area (Å²) in [7, 11) is 4.96. The number of aromatic amines is 2. The minimum atomic E-state index is -0.276. The second kappa shape index (κ2) is 21.6. The summed E-state index contributed by atoms with van der Waals surface area (Å²) in [5.41, 5.74) is 8.72. The van der Waals surface area contributed by atoms with Gasteiger partial charge < -0.3 is 56.0 Å². The Morgan fingerprint density at radius 2 is 1.85 bits per heavy atom. The van der Waals surface area contributed by atoms with Crippen molar-refractivity contribution >= 4 is 57.7 Å². The minimum absolute atomic E-state index is 0. The number of pyridine rings is 1. The predicted molar refractivity (Wildman–Crippen MR) is 166 cm³/mol. The zero-order valence-corrected chi connectivity index (χ0v) is 23.9. The summed E-state index contributed by atoms with van der Waals surface area (Å²) in [4.78, 5) is 10.9. The second-order valence-electron chi connectivity index (χ2n) is 7.22. The largest absolute Gasteiger partial charge is 0.493 e. The van der Waals surface area contributed by atoms with Crippen LogP contribution in [0.15, 0.2) is 47.6 Å². The fourth-order valence-electron chi connectivity index (χ4n) is 3.29. The van der Waals surface area contributed by atoms with Crippen LogP contribution in [0.4, 0.5) is 5.69 Å². The van der Waals surface area contributed by atoms with E-state index in [1.807, 2.05) is 36.5 Å². The Balaban J connectivity index is -0.000000949. The van der Waals surface area contributed by atoms with Crippen molar-refractivity contribution in [1.29, 1.82) is 0 Å². The van der Waals surface area contributed by atoms with Crippen molar-refractivity contribution in [3.63, 3.8) is 0 Å². The summed E-state index contributed by atoms with van der Waals surface area (Å²) in [5.74, 6) is 1.66. The number of nitrogen functional groups attached to an aromatic ring is 1. The van der Waals surface area contributed by atoms with E-state index in [0.29, 0.717) is 18.8 Å². The molecule has 3 heterocycles. The molecule has 4 rings (SSSR count). The van der Waals surface area contributed by atoms with Gasteiger partial charge in [-0.15, -0.1) is 0 Å². The van der Waals surface area contributed by atoms with Crippen LogP contribution in [0.3, 0.4) is 0 Å². The van der Waals surface area contributed by atoms with E-state index in [1.54, 1.807) is 33.1 Å². The molecule has 0 bridgehead atoms. The zero-order valence-electron chi connectivity index (χ0n) is 21.4. The molecular weight excluding hydrogens is 568 g/mol. The molecule has 12 nitrogen and oxygen atoms in total. The number of anilines is 1. The molecule has 1 atom stereocenters. The van der Waals surface area contributed by atoms with Crippen molar-refractivity contribution in [3.05, 3.63) is 52.9 Å². The normalized spacial score (nSPS) is 13.3. The molecular formula is C24H42N4O8S3. The van der Waals surface area contributed by atoms with Gasteiger partial charge in [-0.2, -0.15) is 0 Å². The molecule has 0 saturated heterocycles. The van der Waals surface area contributed by atoms with E-state index in [1.165, 1.54) is 12.0 Å². The van der Waals surface area contributed by atoms with Crippen molar-refractivity contribution in [1.82, 2.24) is 9.97 Å². The van der Waals surface area contributed by atoms with Gasteiger partial charge in [0.25, 0.3) is 0 Å². The molecule has 0 amide bonds. The number of hydrogen-bond acceptors (Lipinski definition) is 9. The smallest absolute Gasteiger partial charge is 0.170 e. The van der Waals surface area contributed by atoms with Crippen molar-refractivity contribution in [2.45, 2.75) is 25.4 Å². The number of benzene rings is 1. The minimum Gasteiger partial charge on any atom is -0.493 e. The Hall–Kier alpha value is -2.18. The van der Waals surface area contributed by atoms with Crippen molar-refractivity contribution in [2.24, 2.45) is 4.99 Å². The average Bonchev–Trinajstić information content (AvgIpc) is 3.49. The number of nitrogens with one attached hydrogen (secondary N) is 2. The number of aliphatic imine (C=N–C) groups is 1. The molecule has 15 heteroatoms. The summed E-state index contributed by atoms with van der Waals surface area (Å²) in [5, 5.41) is 2.09. The van der Waals surface area contributed by atoms with Gasteiger partial charge in [0.15, 0.2) is 6.29 Å². The van der Waals surface area contributed by atoms with E-state index >= 15 is 0 Å². The number of thioether (sulfide) groups is 1. The van der Waals surface area contributed by atoms with E-state index in [4.69, 9.17) is 36.3 Å². The quantitative estimate of drug-likeness (QED) is 0.101. The highest BCUT2D eigenvalue weighted by Crippen LogP contribution is 2.33. The number of aromatic nitrogens is 2. The van der Waals surface area contributed by atoms with Gasteiger partial charge in [0.2, 0.25) is 0 Å². The molecule has 0 saturated carbocycles. The number of methoxy groups -OCH3 is 2. The first-order valence-corrected chi connectivity index (χ1v) is 12.9. The van der Waals surface area contributed by atoms with Crippen LogP contribution >= 0.6 is 36.0 Å². The molecule has 2 aromatic heterocycles. The number of nitrogens with two attached hydrogens (primary N) is 1. The summed E-state index contributed by atoms with van der Waals surface area (Å²) < 4.78 is 22.3. The molecule has 39 heavy (non-hydrogen) atoms. The lowest BCUT2D eigenvalue weighted by atomic mass is 10.2. The fraction of sp³-hybridized carbons (Fsp3) is 0.417. The van der Waals surface area contributed by atoms with Crippen molar-refractivity contribution < 1.29 is 40.3 Å². The van der Waals surface area contributed by atoms with Gasteiger partial charge in [0.1, 0.15) is 15.4 Å². The number of rotatable bonds is 10. The Bertz CT molecular complexity index is 1120. The van der Waals surface area contributed by atoms with E-state index < -0.39 is 0 Å². The monoisotopic (exact) mass is 610 g/mol. The first-order chi connectivity index (χ1) is 16.5. The SMILES string of the molecule is C.COSCCCOc1cc(N)c2[nH]c(C3=NCC(C(OC)OC)S3)cc2c1.O.O.O.O.S=c1cccc[nH]1. The summed E-state index contributed by atoms with van der Waals surface area (Å²) in [6.07, 6.45) is 2.44. The maximum absolute atomic E-state index is 6.22. The molecule has 1 unspecified atom stereocenters. The Labute approximate surface area is 242 Å². The molecule has 0 spiro atoms. The number of ether oxygens (including phenoxy) is 3. The number of fused-ring (bicyclic) bond motifs is 1. The highest BCUT2D eigenvalue weighted by atomic mass is 32.2. The first kappa shape index (κ1) is 41.3. The number of nitrogens with zero attached hydrogens (tertiary/aromatic N) is 1. The lowest BCUT2D eigenvalue weighted by Crippen LogP contribution is -2.28. The first-order valence-electron chi connectivity index (χ1n) is 10.7. The topological polar surface area (TPSA) is 233 Å². The highest BCUT2D eigenvalue weighted by molar-refractivity contribution is 8.15. The van der Waals surface area contributed by atoms with Crippen LogP contribution in [0.5, 0.6) is 5.75 Å². The lowest BCUT2D eigenvalue weighted by Gasteiger charge is -2.18. The zero-order chi connectivity index (χ0) is 24.3. The second-order valence-corrected chi connectivity index (χ2v) is 9.86. The van der Waals surface area contributed by atoms with E-state index in [0.717, 1.165) is 44.2 Å². The third-order valence-electron chi connectivity index (χ3n) is 4.85. The molecule has 3 aromatic rings. The Kier molecular flexibility index (Phi) is 22.9. The van der Waals surface area contributed by atoms with Crippen molar-refractivity contribution in [2.75, 3.05) is 46.0 Å². The van der Waals surface area contributed by atoms with Crippen LogP contribution in [-0.2, 0) is 13.7 Å². The third-order valence-corrected chi connectivity index (χ3v) is 7.04. The Morgan fingerprint density at radius 1 is 1.13 bits per heavy atom. The Morgan fingerprint density at radius 3 is 2.41 bits per heavy atom. The third kappa shape index (κ3) is 12.3. The molecule has 0 fully saturated rings. The average molecular weight is 611 g/mol. The van der Waals surface area contributed by atoms with Crippen LogP contribution in [-0.4, -0.2) is 88.7 Å². The van der Waals surface area contributed by atoms with Gasteiger partial charge in [0.05, 0.1) is 42.4 Å². The lowest BCUT2D eigenvalue weighted by molar-refractivity contribution is -0.0994. The number of H-pyrrole nitrogens is 2. The van der Waals surface area contributed by atoms with Crippen LogP contribution < -0.4 is 10.5 Å². The van der Waals surface area contributed by atoms with Gasteiger partial charge in [-0.05, 0) is 42.7 Å². The van der Waals surface area contributed by atoms with Gasteiger partial charge in [-0.1, -0.05) is 37.5 Å². The predicted octanol–water partition coefficient (Wildman–Crippen LogP) is 2.38. The van der Waals surface area contributed by atoms with Crippen LogP contribution in [0, 0.1) is 4.64 Å². The van der Waals surface area contributed by atoms with Crippen molar-refractivity contribution in [3.8, 4) is 5.75 Å². The highest BCUT2D eigenvalue weighted by Gasteiger charge is 2.29. The maximum Gasteiger partial charge on any atom is 0.170 e. The molecule has 1 aliphatic rings. The van der Waals surface area contributed by atoms with Gasteiger partial charge in [0, 0.05) is 37.6 Å². The van der Waals surface area contributed by atoms with Crippen LogP contribution in [0.2, 0.25) is 0 Å². The maximum atomic E-state index is 6.22.